The van der Waals surface area contributed by atoms with E-state index < -0.39 is 8.07 Å². The number of likely N-dealkylation sites (tertiary alicyclic amines) is 1. The number of nitrogens with zero attached hydrogens (tertiary/aromatic N) is 1. The van der Waals surface area contributed by atoms with Gasteiger partial charge in [-0.15, -0.1) is 0 Å². The molecule has 2 heterocycles. The zero-order chi connectivity index (χ0) is 14.9. The molecule has 0 saturated carbocycles. The molecule has 2 unspecified atom stereocenters. The average Bonchev–Trinajstić information content (AvgIpc) is 3.08. The van der Waals surface area contributed by atoms with Gasteiger partial charge in [-0.3, -0.25) is 4.90 Å². The molecule has 2 nitrogen and oxygen atoms in total. The summed E-state index contributed by atoms with van der Waals surface area (Å²) < 4.78 is 0. The van der Waals surface area contributed by atoms with E-state index in [1.165, 1.54) is 44.3 Å². The van der Waals surface area contributed by atoms with Crippen molar-refractivity contribution in [2.45, 2.75) is 64.0 Å². The lowest BCUT2D eigenvalue weighted by atomic mass is 10.0. The molecule has 0 bridgehead atoms. The van der Waals surface area contributed by atoms with Crippen molar-refractivity contribution in [3.63, 3.8) is 0 Å². The number of rotatable bonds is 4. The van der Waals surface area contributed by atoms with Crippen molar-refractivity contribution in [1.29, 1.82) is 0 Å². The number of benzene rings is 1. The second-order valence-corrected chi connectivity index (χ2v) is 12.9. The Labute approximate surface area is 130 Å². The van der Waals surface area contributed by atoms with Gasteiger partial charge >= 0.3 is 0 Å². The molecule has 2 atom stereocenters. The molecular formula is C18H30N2Si. The van der Waals surface area contributed by atoms with Crippen LogP contribution in [0.3, 0.4) is 0 Å². The largest absolute Gasteiger partial charge is 0.312 e. The van der Waals surface area contributed by atoms with Crippen LogP contribution in [0, 0.1) is 0 Å². The zero-order valence-corrected chi connectivity index (χ0v) is 14.9. The Morgan fingerprint density at radius 3 is 2.48 bits per heavy atom. The topological polar surface area (TPSA) is 15.3 Å². The van der Waals surface area contributed by atoms with E-state index in [-0.39, 0.29) is 0 Å². The van der Waals surface area contributed by atoms with Gasteiger partial charge in [0.05, 0.1) is 8.07 Å². The van der Waals surface area contributed by atoms with Crippen LogP contribution in [0.15, 0.2) is 24.3 Å². The van der Waals surface area contributed by atoms with Crippen LogP contribution >= 0.6 is 0 Å². The van der Waals surface area contributed by atoms with Gasteiger partial charge in [0.15, 0.2) is 0 Å². The van der Waals surface area contributed by atoms with Crippen LogP contribution in [0.25, 0.3) is 0 Å². The zero-order valence-electron chi connectivity index (χ0n) is 13.9. The van der Waals surface area contributed by atoms with Crippen LogP contribution in [0.4, 0.5) is 0 Å². The summed E-state index contributed by atoms with van der Waals surface area (Å²) >= 11 is 0. The van der Waals surface area contributed by atoms with Gasteiger partial charge in [-0.05, 0) is 44.3 Å². The third kappa shape index (κ3) is 3.58. The maximum Gasteiger partial charge on any atom is 0.0775 e. The van der Waals surface area contributed by atoms with Gasteiger partial charge in [-0.25, -0.2) is 0 Å². The first-order valence-corrected chi connectivity index (χ1v) is 12.1. The number of nitrogens with one attached hydrogen (secondary N) is 1. The predicted octanol–water partition coefficient (Wildman–Crippen LogP) is 2.95. The minimum atomic E-state index is -1.16. The molecule has 2 aliphatic rings. The molecule has 0 radical (unpaired) electrons. The Kier molecular flexibility index (Phi) is 4.53. The van der Waals surface area contributed by atoms with E-state index in [2.05, 4.69) is 54.1 Å². The molecule has 3 rings (SSSR count). The molecule has 2 saturated heterocycles. The van der Waals surface area contributed by atoms with Crippen molar-refractivity contribution in [3.8, 4) is 0 Å². The number of hydrogen-bond acceptors (Lipinski definition) is 2. The molecule has 2 aliphatic heterocycles. The fourth-order valence-electron chi connectivity index (χ4n) is 3.89. The van der Waals surface area contributed by atoms with E-state index in [1.807, 2.05) is 0 Å². The van der Waals surface area contributed by atoms with Gasteiger partial charge in [-0.1, -0.05) is 49.1 Å². The van der Waals surface area contributed by atoms with Gasteiger partial charge < -0.3 is 5.32 Å². The summed E-state index contributed by atoms with van der Waals surface area (Å²) in [7, 11) is -1.16. The van der Waals surface area contributed by atoms with Crippen molar-refractivity contribution in [1.82, 2.24) is 10.2 Å². The SMILES string of the molecule is C[Si](C)(C)c1ccc(CN2CCCC2C2CCCN2)cc1. The minimum absolute atomic E-state index is 0.744. The highest BCUT2D eigenvalue weighted by Gasteiger charge is 2.32. The molecular weight excluding hydrogens is 272 g/mol. The second kappa shape index (κ2) is 6.23. The Balaban J connectivity index is 1.65. The smallest absolute Gasteiger partial charge is 0.0775 e. The molecule has 2 fully saturated rings. The highest BCUT2D eigenvalue weighted by Crippen LogP contribution is 2.26. The van der Waals surface area contributed by atoms with Crippen LogP contribution in [-0.4, -0.2) is 38.1 Å². The third-order valence-electron chi connectivity index (χ3n) is 5.18. The summed E-state index contributed by atoms with van der Waals surface area (Å²) in [5.41, 5.74) is 1.49. The predicted molar refractivity (Wildman–Crippen MR) is 93.9 cm³/mol. The van der Waals surface area contributed by atoms with Gasteiger partial charge in [0.25, 0.3) is 0 Å². The van der Waals surface area contributed by atoms with E-state index in [0.29, 0.717) is 0 Å². The summed E-state index contributed by atoms with van der Waals surface area (Å²) in [5.74, 6) is 0. The molecule has 0 amide bonds. The van der Waals surface area contributed by atoms with Gasteiger partial charge in [0.2, 0.25) is 0 Å². The highest BCUT2D eigenvalue weighted by molar-refractivity contribution is 6.88. The fourth-order valence-corrected chi connectivity index (χ4v) is 5.06. The van der Waals surface area contributed by atoms with Gasteiger partial charge in [0, 0.05) is 18.6 Å². The van der Waals surface area contributed by atoms with Gasteiger partial charge in [0.1, 0.15) is 0 Å². The lowest BCUT2D eigenvalue weighted by molar-refractivity contribution is 0.206. The first kappa shape index (κ1) is 15.3. The quantitative estimate of drug-likeness (QED) is 0.860. The number of hydrogen-bond donors (Lipinski definition) is 1. The van der Waals surface area contributed by atoms with Crippen LogP contribution in [0.5, 0.6) is 0 Å². The molecule has 21 heavy (non-hydrogen) atoms. The Hall–Kier alpha value is -0.643. The fraction of sp³-hybridized carbons (Fsp3) is 0.667. The Morgan fingerprint density at radius 1 is 1.10 bits per heavy atom. The van der Waals surface area contributed by atoms with E-state index in [9.17, 15) is 0 Å². The first-order valence-electron chi connectivity index (χ1n) is 8.61. The summed E-state index contributed by atoms with van der Waals surface area (Å²) in [6, 6.07) is 11.0. The van der Waals surface area contributed by atoms with E-state index in [4.69, 9.17) is 0 Å². The van der Waals surface area contributed by atoms with Crippen LogP contribution in [0.2, 0.25) is 19.6 Å². The Morgan fingerprint density at radius 2 is 1.86 bits per heavy atom. The van der Waals surface area contributed by atoms with Crippen molar-refractivity contribution in [2.75, 3.05) is 13.1 Å². The normalized spacial score (nSPS) is 27.4. The lowest BCUT2D eigenvalue weighted by Gasteiger charge is -2.29. The molecule has 1 N–H and O–H groups in total. The summed E-state index contributed by atoms with van der Waals surface area (Å²) in [5, 5.41) is 5.28. The molecule has 0 aromatic heterocycles. The molecule has 1 aromatic carbocycles. The van der Waals surface area contributed by atoms with Gasteiger partial charge in [-0.2, -0.15) is 0 Å². The average molecular weight is 303 g/mol. The maximum atomic E-state index is 3.71. The summed E-state index contributed by atoms with van der Waals surface area (Å²) in [6.07, 6.45) is 5.48. The summed E-state index contributed by atoms with van der Waals surface area (Å²) in [6.45, 7) is 10.9. The van der Waals surface area contributed by atoms with Crippen LogP contribution < -0.4 is 10.5 Å². The molecule has 0 spiro atoms. The van der Waals surface area contributed by atoms with Crippen molar-refractivity contribution < 1.29 is 0 Å². The van der Waals surface area contributed by atoms with E-state index in [0.717, 1.165) is 18.6 Å². The molecule has 116 valence electrons. The maximum absolute atomic E-state index is 3.71. The standard InChI is InChI=1S/C18H30N2Si/c1-21(2,3)16-10-8-15(9-11-16)14-20-13-5-7-18(20)17-6-4-12-19-17/h8-11,17-19H,4-7,12-14H2,1-3H3. The van der Waals surface area contributed by atoms with Crippen LogP contribution in [0.1, 0.15) is 31.2 Å². The first-order chi connectivity index (χ1) is 10.0. The van der Waals surface area contributed by atoms with Crippen molar-refractivity contribution >= 4 is 13.3 Å². The summed E-state index contributed by atoms with van der Waals surface area (Å²) in [4.78, 5) is 2.71. The van der Waals surface area contributed by atoms with Crippen LogP contribution in [-0.2, 0) is 6.54 Å². The highest BCUT2D eigenvalue weighted by atomic mass is 28.3. The molecule has 0 aliphatic carbocycles. The minimum Gasteiger partial charge on any atom is -0.312 e. The molecule has 3 heteroatoms. The second-order valence-electron chi connectivity index (χ2n) is 7.83. The Bertz CT molecular complexity index is 457. The van der Waals surface area contributed by atoms with E-state index in [1.54, 1.807) is 5.19 Å². The molecule has 1 aromatic rings. The van der Waals surface area contributed by atoms with Crippen molar-refractivity contribution in [3.05, 3.63) is 29.8 Å². The lowest BCUT2D eigenvalue weighted by Crippen LogP contribution is -2.43. The monoisotopic (exact) mass is 302 g/mol. The van der Waals surface area contributed by atoms with E-state index >= 15 is 0 Å². The third-order valence-corrected chi connectivity index (χ3v) is 7.25. The van der Waals surface area contributed by atoms with Crippen molar-refractivity contribution in [2.24, 2.45) is 0 Å².